The molecule has 176 valence electrons. The standard InChI is InChI=1S/C15H26O15/c16-1-6-8(17)30-13(22)15(28-6)24-3-5-2-23-12(21)14(26-5)25-4-7-9(18)29-11(20)10(19)27-7/h5-22H,1-4H2/t5?,6?,7?,8-,9-,10-,11?,12?,13?,14-,15-/m0/s1. The van der Waals surface area contributed by atoms with E-state index in [0.717, 1.165) is 0 Å². The fourth-order valence-electron chi connectivity index (χ4n) is 2.77. The molecule has 0 radical (unpaired) electrons. The molecule has 3 fully saturated rings. The topological polar surface area (TPSA) is 215 Å². The van der Waals surface area contributed by atoms with Crippen LogP contribution < -0.4 is 0 Å². The molecule has 0 bridgehead atoms. The molecular formula is C15H26O15. The van der Waals surface area contributed by atoms with Gasteiger partial charge in [-0.25, -0.2) is 0 Å². The predicted octanol–water partition coefficient (Wildman–Crippen LogP) is -5.18. The van der Waals surface area contributed by atoms with Crippen molar-refractivity contribution in [1.82, 2.24) is 0 Å². The highest BCUT2D eigenvalue weighted by atomic mass is 16.8. The van der Waals surface area contributed by atoms with Crippen LogP contribution in [0.4, 0.5) is 0 Å². The average molecular weight is 446 g/mol. The first-order valence-electron chi connectivity index (χ1n) is 9.10. The molecule has 15 heteroatoms. The zero-order chi connectivity index (χ0) is 21.8. The zero-order valence-corrected chi connectivity index (χ0v) is 15.6. The summed E-state index contributed by atoms with van der Waals surface area (Å²) in [6.45, 7) is -1.27. The lowest BCUT2D eigenvalue weighted by molar-refractivity contribution is -0.400. The Morgan fingerprint density at radius 3 is 1.93 bits per heavy atom. The Kier molecular flexibility index (Phi) is 8.67. The quantitative estimate of drug-likeness (QED) is 0.194. The molecule has 3 rings (SSSR count). The van der Waals surface area contributed by atoms with E-state index in [1.165, 1.54) is 0 Å². The van der Waals surface area contributed by atoms with Crippen LogP contribution in [0.25, 0.3) is 0 Å². The van der Waals surface area contributed by atoms with Crippen molar-refractivity contribution in [2.24, 2.45) is 0 Å². The van der Waals surface area contributed by atoms with Crippen LogP contribution in [0.15, 0.2) is 0 Å². The Balaban J connectivity index is 1.45. The van der Waals surface area contributed by atoms with E-state index >= 15 is 0 Å². The number of aliphatic hydroxyl groups excluding tert-OH is 7. The van der Waals surface area contributed by atoms with Crippen LogP contribution in [0.5, 0.6) is 0 Å². The Bertz CT molecular complexity index is 524. The third-order valence-electron chi connectivity index (χ3n) is 4.36. The molecule has 15 nitrogen and oxygen atoms in total. The maximum Gasteiger partial charge on any atom is 0.209 e. The molecule has 0 aliphatic carbocycles. The largest absolute Gasteiger partial charge is 0.393 e. The number of ether oxygens (including phenoxy) is 8. The molecule has 7 N–H and O–H groups in total. The summed E-state index contributed by atoms with van der Waals surface area (Å²) < 4.78 is 40.8. The van der Waals surface area contributed by atoms with E-state index in [1.807, 2.05) is 0 Å². The molecule has 3 saturated heterocycles. The molecule has 6 unspecified atom stereocenters. The van der Waals surface area contributed by atoms with E-state index in [1.54, 1.807) is 0 Å². The van der Waals surface area contributed by atoms with Crippen LogP contribution in [0.1, 0.15) is 0 Å². The van der Waals surface area contributed by atoms with Crippen LogP contribution in [0.2, 0.25) is 0 Å². The summed E-state index contributed by atoms with van der Waals surface area (Å²) in [5, 5.41) is 66.5. The fraction of sp³-hybridized carbons (Fsp3) is 1.00. The second-order valence-corrected chi connectivity index (χ2v) is 6.64. The highest BCUT2D eigenvalue weighted by Crippen LogP contribution is 2.22. The molecule has 0 aromatic rings. The van der Waals surface area contributed by atoms with E-state index in [4.69, 9.17) is 38.3 Å². The van der Waals surface area contributed by atoms with Gasteiger partial charge in [-0.2, -0.15) is 0 Å². The molecule has 0 spiro atoms. The molecule has 3 aliphatic rings. The van der Waals surface area contributed by atoms with Crippen molar-refractivity contribution in [2.75, 3.05) is 26.4 Å². The summed E-state index contributed by atoms with van der Waals surface area (Å²) in [6.07, 6.45) is -15.3. The van der Waals surface area contributed by atoms with Crippen LogP contribution in [-0.2, 0) is 37.9 Å². The van der Waals surface area contributed by atoms with Gasteiger partial charge in [0.15, 0.2) is 12.6 Å². The molecule has 0 aromatic heterocycles. The fourth-order valence-corrected chi connectivity index (χ4v) is 2.77. The van der Waals surface area contributed by atoms with E-state index in [-0.39, 0.29) is 13.2 Å². The van der Waals surface area contributed by atoms with Gasteiger partial charge in [0, 0.05) is 0 Å². The molecule has 0 amide bonds. The molecule has 0 aromatic carbocycles. The van der Waals surface area contributed by atoms with Crippen LogP contribution in [-0.4, -0.2) is 131 Å². The number of hydrogen-bond acceptors (Lipinski definition) is 15. The number of rotatable bonds is 7. The second-order valence-electron chi connectivity index (χ2n) is 6.64. The summed E-state index contributed by atoms with van der Waals surface area (Å²) in [7, 11) is 0. The SMILES string of the molecule is OCC1O[C@H](OCC2COC(O)[C@@H](OCC3O[C@H](O)C(O)O[C@@H]3O)O2)C(O)O[C@@H]1O. The number of hydrogen-bond donors (Lipinski definition) is 7. The first-order valence-corrected chi connectivity index (χ1v) is 9.10. The Morgan fingerprint density at radius 2 is 1.20 bits per heavy atom. The molecular weight excluding hydrogens is 420 g/mol. The summed E-state index contributed by atoms with van der Waals surface area (Å²) in [5.74, 6) is 0. The van der Waals surface area contributed by atoms with E-state index in [9.17, 15) is 30.6 Å². The van der Waals surface area contributed by atoms with Crippen molar-refractivity contribution in [2.45, 2.75) is 68.6 Å². The molecule has 30 heavy (non-hydrogen) atoms. The van der Waals surface area contributed by atoms with Gasteiger partial charge in [-0.05, 0) is 0 Å². The van der Waals surface area contributed by atoms with Crippen molar-refractivity contribution in [3.05, 3.63) is 0 Å². The van der Waals surface area contributed by atoms with Gasteiger partial charge in [-0.15, -0.1) is 0 Å². The zero-order valence-electron chi connectivity index (χ0n) is 15.6. The lowest BCUT2D eigenvalue weighted by Gasteiger charge is -2.38. The monoisotopic (exact) mass is 446 g/mol. The molecule has 11 atom stereocenters. The van der Waals surface area contributed by atoms with Gasteiger partial charge in [0.2, 0.25) is 37.7 Å². The lowest BCUT2D eigenvalue weighted by Crippen LogP contribution is -2.54. The van der Waals surface area contributed by atoms with Crippen molar-refractivity contribution in [3.63, 3.8) is 0 Å². The van der Waals surface area contributed by atoms with Crippen molar-refractivity contribution in [1.29, 1.82) is 0 Å². The first kappa shape index (κ1) is 24.1. The van der Waals surface area contributed by atoms with Crippen molar-refractivity contribution in [3.8, 4) is 0 Å². The predicted molar refractivity (Wildman–Crippen MR) is 85.3 cm³/mol. The smallest absolute Gasteiger partial charge is 0.209 e. The van der Waals surface area contributed by atoms with Crippen molar-refractivity contribution < 1.29 is 73.6 Å². The maximum absolute atomic E-state index is 9.85. The third kappa shape index (κ3) is 6.00. The van der Waals surface area contributed by atoms with E-state index < -0.39 is 81.8 Å². The normalized spacial score (nSPS) is 47.9. The third-order valence-corrected chi connectivity index (χ3v) is 4.36. The van der Waals surface area contributed by atoms with Crippen molar-refractivity contribution >= 4 is 0 Å². The minimum atomic E-state index is -1.72. The van der Waals surface area contributed by atoms with Gasteiger partial charge in [0.05, 0.1) is 26.4 Å². The Hall–Kier alpha value is -0.600. The van der Waals surface area contributed by atoms with Gasteiger partial charge in [-0.1, -0.05) is 0 Å². The minimum Gasteiger partial charge on any atom is -0.393 e. The summed E-state index contributed by atoms with van der Waals surface area (Å²) in [4.78, 5) is 0. The summed E-state index contributed by atoms with van der Waals surface area (Å²) in [6, 6.07) is 0. The lowest BCUT2D eigenvalue weighted by atomic mass is 10.3. The highest BCUT2D eigenvalue weighted by molar-refractivity contribution is 4.72. The summed E-state index contributed by atoms with van der Waals surface area (Å²) >= 11 is 0. The summed E-state index contributed by atoms with van der Waals surface area (Å²) in [5.41, 5.74) is 0. The van der Waals surface area contributed by atoms with E-state index in [0.29, 0.717) is 0 Å². The maximum atomic E-state index is 9.85. The average Bonchev–Trinajstić information content (AvgIpc) is 2.70. The van der Waals surface area contributed by atoms with Crippen LogP contribution in [0.3, 0.4) is 0 Å². The van der Waals surface area contributed by atoms with Gasteiger partial charge in [0.25, 0.3) is 0 Å². The van der Waals surface area contributed by atoms with Crippen LogP contribution in [0, 0.1) is 0 Å². The number of aliphatic hydroxyl groups is 7. The first-order chi connectivity index (χ1) is 14.3. The molecule has 0 saturated carbocycles. The minimum absolute atomic E-state index is 0.104. The van der Waals surface area contributed by atoms with Gasteiger partial charge in [0.1, 0.15) is 18.3 Å². The van der Waals surface area contributed by atoms with Gasteiger partial charge in [-0.3, -0.25) is 0 Å². The molecule has 3 aliphatic heterocycles. The van der Waals surface area contributed by atoms with E-state index in [2.05, 4.69) is 4.74 Å². The second kappa shape index (κ2) is 10.8. The Labute approximate surface area is 169 Å². The Morgan fingerprint density at radius 1 is 0.600 bits per heavy atom. The van der Waals surface area contributed by atoms with Gasteiger partial charge >= 0.3 is 0 Å². The molecule has 3 heterocycles. The highest BCUT2D eigenvalue weighted by Gasteiger charge is 2.40. The van der Waals surface area contributed by atoms with Crippen LogP contribution >= 0.6 is 0 Å². The van der Waals surface area contributed by atoms with Gasteiger partial charge < -0.3 is 73.6 Å².